The Bertz CT molecular complexity index is 1040. The second-order valence-corrected chi connectivity index (χ2v) is 8.97. The molecule has 1 amide bonds. The number of hydrogen-bond donors (Lipinski definition) is 3. The van der Waals surface area contributed by atoms with Gasteiger partial charge in [0.1, 0.15) is 11.8 Å². The Morgan fingerprint density at radius 2 is 2.18 bits per heavy atom. The van der Waals surface area contributed by atoms with E-state index >= 15 is 0 Å². The van der Waals surface area contributed by atoms with Crippen LogP contribution >= 0.6 is 0 Å². The third kappa shape index (κ3) is 4.86. The lowest BCUT2D eigenvalue weighted by Crippen LogP contribution is -2.54. The zero-order valence-electron chi connectivity index (χ0n) is 18.8. The predicted octanol–water partition coefficient (Wildman–Crippen LogP) is 2.52. The molecule has 5 heterocycles. The molecule has 4 aliphatic rings. The van der Waals surface area contributed by atoms with Crippen LogP contribution in [0, 0.1) is 11.8 Å². The summed E-state index contributed by atoms with van der Waals surface area (Å²) < 4.78 is 5.35. The number of fused-ring (bicyclic) bond motifs is 4. The fraction of sp³-hybridized carbons (Fsp3) is 0.480. The van der Waals surface area contributed by atoms with Crippen LogP contribution in [0.1, 0.15) is 37.4 Å². The van der Waals surface area contributed by atoms with Crippen LogP contribution in [-0.2, 0) is 9.59 Å². The molecule has 4 aliphatic heterocycles. The summed E-state index contributed by atoms with van der Waals surface area (Å²) in [5, 5.41) is 22.8. The van der Waals surface area contributed by atoms with Crippen molar-refractivity contribution in [2.45, 2.75) is 43.9 Å². The first-order valence-electron chi connectivity index (χ1n) is 11.4. The Morgan fingerprint density at radius 3 is 2.76 bits per heavy atom. The van der Waals surface area contributed by atoms with Crippen LogP contribution in [0.4, 0.5) is 0 Å². The van der Waals surface area contributed by atoms with Crippen molar-refractivity contribution in [3.63, 3.8) is 0 Å². The van der Waals surface area contributed by atoms with Gasteiger partial charge in [-0.3, -0.25) is 14.7 Å². The number of aliphatic hydroxyl groups excluding tert-OH is 1. The fourth-order valence-electron chi connectivity index (χ4n) is 5.24. The molecule has 33 heavy (non-hydrogen) atoms. The molecule has 8 nitrogen and oxygen atoms in total. The molecule has 8 heteroatoms. The largest absolute Gasteiger partial charge is 0.497 e. The number of aliphatic carboxylic acids is 1. The maximum absolute atomic E-state index is 11.2. The van der Waals surface area contributed by atoms with E-state index in [4.69, 9.17) is 9.84 Å². The number of piperidine rings is 3. The van der Waals surface area contributed by atoms with Crippen molar-refractivity contribution in [3.05, 3.63) is 48.7 Å². The quantitative estimate of drug-likeness (QED) is 0.597. The minimum Gasteiger partial charge on any atom is -0.497 e. The van der Waals surface area contributed by atoms with Gasteiger partial charge in [-0.1, -0.05) is 6.08 Å². The van der Waals surface area contributed by atoms with Gasteiger partial charge >= 0.3 is 5.97 Å². The van der Waals surface area contributed by atoms with Gasteiger partial charge in [0, 0.05) is 30.6 Å². The average molecular weight is 454 g/mol. The summed E-state index contributed by atoms with van der Waals surface area (Å²) in [7, 11) is 1.66. The fourth-order valence-corrected chi connectivity index (χ4v) is 5.24. The highest BCUT2D eigenvalue weighted by molar-refractivity contribution is 5.87. The number of aliphatic hydroxyl groups is 1. The Kier molecular flexibility index (Phi) is 6.95. The third-order valence-electron chi connectivity index (χ3n) is 7.11. The Labute approximate surface area is 193 Å². The molecule has 3 N–H and O–H groups in total. The van der Waals surface area contributed by atoms with E-state index in [-0.39, 0.29) is 11.9 Å². The number of carbonyl (C=O) groups is 2. The van der Waals surface area contributed by atoms with Gasteiger partial charge in [-0.05, 0) is 67.5 Å². The zero-order chi connectivity index (χ0) is 23.5. The van der Waals surface area contributed by atoms with Crippen molar-refractivity contribution in [1.82, 2.24) is 15.2 Å². The molecule has 6 atom stereocenters. The minimum atomic E-state index is -0.944. The highest BCUT2D eigenvalue weighted by Crippen LogP contribution is 2.42. The normalized spacial score (nSPS) is 29.0. The topological polar surface area (TPSA) is 112 Å². The molecule has 2 bridgehead atoms. The molecule has 6 rings (SSSR count). The van der Waals surface area contributed by atoms with Gasteiger partial charge in [0.15, 0.2) is 0 Å². The van der Waals surface area contributed by atoms with Gasteiger partial charge in [0.05, 0.1) is 18.7 Å². The van der Waals surface area contributed by atoms with E-state index in [9.17, 15) is 14.7 Å². The number of aromatic nitrogens is 1. The van der Waals surface area contributed by atoms with Crippen LogP contribution in [-0.4, -0.2) is 64.3 Å². The summed E-state index contributed by atoms with van der Waals surface area (Å²) in [6.07, 6.45) is 6.39. The van der Waals surface area contributed by atoms with Crippen LogP contribution < -0.4 is 10.1 Å². The summed E-state index contributed by atoms with van der Waals surface area (Å²) in [6, 6.07) is 7.32. The third-order valence-corrected chi connectivity index (χ3v) is 7.11. The van der Waals surface area contributed by atoms with E-state index < -0.39 is 18.1 Å². The first kappa shape index (κ1) is 23.2. The second-order valence-electron chi connectivity index (χ2n) is 8.97. The van der Waals surface area contributed by atoms with Crippen LogP contribution in [0.3, 0.4) is 0 Å². The molecule has 4 fully saturated rings. The van der Waals surface area contributed by atoms with Crippen LogP contribution in [0.2, 0.25) is 0 Å². The number of amides is 1. The molecule has 0 aliphatic carbocycles. The van der Waals surface area contributed by atoms with Crippen molar-refractivity contribution in [2.75, 3.05) is 20.2 Å². The lowest BCUT2D eigenvalue weighted by Gasteiger charge is -2.50. The predicted molar refractivity (Wildman–Crippen MR) is 124 cm³/mol. The molecule has 176 valence electrons. The summed E-state index contributed by atoms with van der Waals surface area (Å²) in [6.45, 7) is 6.07. The molecule has 0 radical (unpaired) electrons. The van der Waals surface area contributed by atoms with Crippen molar-refractivity contribution in [1.29, 1.82) is 0 Å². The van der Waals surface area contributed by atoms with E-state index in [1.807, 2.05) is 24.3 Å². The maximum atomic E-state index is 11.2. The molecule has 1 aromatic carbocycles. The Hall–Kier alpha value is -2.97. The average Bonchev–Trinajstić information content (AvgIpc) is 3.30. The number of pyridine rings is 1. The van der Waals surface area contributed by atoms with Crippen molar-refractivity contribution in [2.24, 2.45) is 11.8 Å². The van der Waals surface area contributed by atoms with Crippen molar-refractivity contribution >= 4 is 22.8 Å². The molecule has 0 spiro atoms. The highest BCUT2D eigenvalue weighted by atomic mass is 16.5. The molecule has 2 aromatic rings. The standard InChI is InChI=1S/C20H24N2O2.C5H7NO3/c1-3-13-12-22-9-7-14(13)10-19(22)20(23)16-6-8-21-18-5-4-15(24-2)11-17(16)18;7-4-2-1-3(6-4)5(8)9/h3-6,8,11,13-14,19-20,23H,1,7,9-10,12H2,2H3;3H,1-2H2,(H,6,7)(H,8,9). The van der Waals surface area contributed by atoms with Crippen LogP contribution in [0.5, 0.6) is 5.75 Å². The Morgan fingerprint density at radius 1 is 1.36 bits per heavy atom. The second kappa shape index (κ2) is 9.89. The van der Waals surface area contributed by atoms with Crippen LogP contribution in [0.25, 0.3) is 10.9 Å². The first-order chi connectivity index (χ1) is 15.9. The van der Waals surface area contributed by atoms with Crippen molar-refractivity contribution < 1.29 is 24.5 Å². The summed E-state index contributed by atoms with van der Waals surface area (Å²) in [5.74, 6) is 0.899. The number of carboxylic acid groups (broad SMARTS) is 1. The molecular formula is C25H31N3O5. The molecular weight excluding hydrogens is 422 g/mol. The number of benzene rings is 1. The van der Waals surface area contributed by atoms with Gasteiger partial charge in [-0.15, -0.1) is 6.58 Å². The first-order valence-corrected chi connectivity index (χ1v) is 11.4. The van der Waals surface area contributed by atoms with E-state index in [2.05, 4.69) is 27.9 Å². The van der Waals surface area contributed by atoms with E-state index in [1.54, 1.807) is 13.3 Å². The summed E-state index contributed by atoms with van der Waals surface area (Å²) in [4.78, 5) is 27.4. The van der Waals surface area contributed by atoms with E-state index in [0.29, 0.717) is 24.7 Å². The minimum absolute atomic E-state index is 0.164. The highest BCUT2D eigenvalue weighted by Gasteiger charge is 2.42. The van der Waals surface area contributed by atoms with E-state index in [0.717, 1.165) is 41.7 Å². The smallest absolute Gasteiger partial charge is 0.326 e. The number of hydrogen-bond acceptors (Lipinski definition) is 6. The summed E-state index contributed by atoms with van der Waals surface area (Å²) >= 11 is 0. The lowest BCUT2D eigenvalue weighted by atomic mass is 9.73. The maximum Gasteiger partial charge on any atom is 0.326 e. The number of nitrogens with one attached hydrogen (secondary N) is 1. The number of rotatable bonds is 5. The SMILES string of the molecule is C=CC1CN2CCC1CC2C(O)c1ccnc2ccc(OC)cc12.O=C1CCC(C(=O)O)N1. The monoisotopic (exact) mass is 453 g/mol. The number of methoxy groups -OCH3 is 1. The van der Waals surface area contributed by atoms with Gasteiger partial charge in [0.25, 0.3) is 0 Å². The van der Waals surface area contributed by atoms with Gasteiger partial charge in [-0.2, -0.15) is 0 Å². The van der Waals surface area contributed by atoms with Crippen molar-refractivity contribution in [3.8, 4) is 5.75 Å². The number of carboxylic acids is 1. The van der Waals surface area contributed by atoms with Gasteiger partial charge in [0.2, 0.25) is 5.91 Å². The number of nitrogens with zero attached hydrogens (tertiary/aromatic N) is 2. The lowest BCUT2D eigenvalue weighted by molar-refractivity contribution is -0.140. The molecule has 0 saturated carbocycles. The Balaban J connectivity index is 0.000000243. The zero-order valence-corrected chi connectivity index (χ0v) is 18.8. The van der Waals surface area contributed by atoms with Crippen LogP contribution in [0.15, 0.2) is 43.1 Å². The number of carbonyl (C=O) groups excluding carboxylic acids is 1. The van der Waals surface area contributed by atoms with E-state index in [1.165, 1.54) is 6.42 Å². The molecule has 6 unspecified atom stereocenters. The van der Waals surface area contributed by atoms with Gasteiger partial charge < -0.3 is 20.3 Å². The molecule has 1 aromatic heterocycles. The number of ether oxygens (including phenoxy) is 1. The van der Waals surface area contributed by atoms with Gasteiger partial charge in [-0.25, -0.2) is 4.79 Å². The summed E-state index contributed by atoms with van der Waals surface area (Å²) in [5.41, 5.74) is 1.85. The molecule has 4 saturated heterocycles.